The molecule has 0 amide bonds. The van der Waals surface area contributed by atoms with Crippen LogP contribution in [-0.4, -0.2) is 30.5 Å². The van der Waals surface area contributed by atoms with E-state index < -0.39 is 10.0 Å². The highest BCUT2D eigenvalue weighted by atomic mass is 79.9. The number of pyridine rings is 1. The number of rotatable bonds is 3. The van der Waals surface area contributed by atoms with Gasteiger partial charge in [0.2, 0.25) is 0 Å². The molecule has 0 saturated carbocycles. The molecule has 0 atom stereocenters. The van der Waals surface area contributed by atoms with Gasteiger partial charge >= 0.3 is 0 Å². The first-order chi connectivity index (χ1) is 12.5. The molecule has 1 N–H and O–H groups in total. The predicted octanol–water partition coefficient (Wildman–Crippen LogP) is 3.81. The number of hydrogen-bond acceptors (Lipinski definition) is 4. The van der Waals surface area contributed by atoms with E-state index in [4.69, 9.17) is 0 Å². The zero-order valence-electron chi connectivity index (χ0n) is 14.4. The summed E-state index contributed by atoms with van der Waals surface area (Å²) in [6.45, 7) is 3.84. The van der Waals surface area contributed by atoms with Crippen LogP contribution in [0.1, 0.15) is 29.9 Å². The molecule has 1 saturated heterocycles. The zero-order chi connectivity index (χ0) is 18.3. The van der Waals surface area contributed by atoms with E-state index in [1.807, 2.05) is 19.1 Å². The third kappa shape index (κ3) is 3.08. The van der Waals surface area contributed by atoms with Gasteiger partial charge in [0.15, 0.2) is 0 Å². The third-order valence-electron chi connectivity index (χ3n) is 5.01. The van der Waals surface area contributed by atoms with E-state index in [1.54, 1.807) is 30.6 Å². The Balaban J connectivity index is 1.91. The number of aromatic nitrogens is 2. The minimum Gasteiger partial charge on any atom is -0.317 e. The van der Waals surface area contributed by atoms with Crippen molar-refractivity contribution < 1.29 is 8.42 Å². The molecule has 3 heterocycles. The third-order valence-corrected chi connectivity index (χ3v) is 7.13. The fraction of sp³-hybridized carbons (Fsp3) is 0.316. The van der Waals surface area contributed by atoms with Crippen molar-refractivity contribution in [3.05, 3.63) is 58.5 Å². The summed E-state index contributed by atoms with van der Waals surface area (Å²) in [6.07, 6.45) is 5.57. The molecule has 5 nitrogen and oxygen atoms in total. The Labute approximate surface area is 161 Å². The van der Waals surface area contributed by atoms with Crippen molar-refractivity contribution in [1.82, 2.24) is 14.3 Å². The molecule has 136 valence electrons. The van der Waals surface area contributed by atoms with Gasteiger partial charge in [0.25, 0.3) is 10.0 Å². The highest BCUT2D eigenvalue weighted by molar-refractivity contribution is 9.10. The lowest BCUT2D eigenvalue weighted by Gasteiger charge is -2.22. The molecule has 3 aromatic rings. The first-order valence-electron chi connectivity index (χ1n) is 8.66. The van der Waals surface area contributed by atoms with Gasteiger partial charge in [-0.05, 0) is 78.5 Å². The Morgan fingerprint density at radius 3 is 2.58 bits per heavy atom. The lowest BCUT2D eigenvalue weighted by Crippen LogP contribution is -2.26. The van der Waals surface area contributed by atoms with Gasteiger partial charge in [-0.25, -0.2) is 17.4 Å². The molecule has 0 radical (unpaired) electrons. The molecular weight excluding hydrogens is 414 g/mol. The number of hydrogen-bond donors (Lipinski definition) is 1. The van der Waals surface area contributed by atoms with Crippen LogP contribution in [0.5, 0.6) is 0 Å². The van der Waals surface area contributed by atoms with E-state index in [1.165, 1.54) is 3.97 Å². The molecule has 0 unspecified atom stereocenters. The number of aryl methyl sites for hydroxylation is 1. The number of benzene rings is 1. The fourth-order valence-corrected chi connectivity index (χ4v) is 5.26. The average Bonchev–Trinajstić information content (AvgIpc) is 3.02. The van der Waals surface area contributed by atoms with Crippen molar-refractivity contribution in [3.63, 3.8) is 0 Å². The molecule has 1 aromatic carbocycles. The Hall–Kier alpha value is -1.70. The predicted molar refractivity (Wildman–Crippen MR) is 106 cm³/mol. The van der Waals surface area contributed by atoms with Crippen LogP contribution < -0.4 is 5.32 Å². The van der Waals surface area contributed by atoms with Crippen molar-refractivity contribution >= 4 is 36.9 Å². The standard InChI is InChI=1S/C19H20BrN3O2S/c1-13-2-4-15(5-3-13)26(24,25)23-12-17(14-6-8-21-9-7-14)16-11-22-19(20)10-18(16)23/h2-5,10-12,14,21H,6-9H2,1H3. The van der Waals surface area contributed by atoms with E-state index in [-0.39, 0.29) is 0 Å². The van der Waals surface area contributed by atoms with Gasteiger partial charge in [0, 0.05) is 17.8 Å². The minimum absolute atomic E-state index is 0.296. The summed E-state index contributed by atoms with van der Waals surface area (Å²) >= 11 is 3.38. The normalized spacial score (nSPS) is 16.2. The maximum absolute atomic E-state index is 13.3. The molecule has 0 bridgehead atoms. The van der Waals surface area contributed by atoms with E-state index >= 15 is 0 Å². The van der Waals surface area contributed by atoms with Crippen molar-refractivity contribution in [2.24, 2.45) is 0 Å². The van der Waals surface area contributed by atoms with E-state index in [9.17, 15) is 8.42 Å². The highest BCUT2D eigenvalue weighted by Crippen LogP contribution is 2.35. The molecule has 26 heavy (non-hydrogen) atoms. The Kier molecular flexibility index (Phi) is 4.62. The highest BCUT2D eigenvalue weighted by Gasteiger charge is 2.25. The molecule has 1 aliphatic heterocycles. The smallest absolute Gasteiger partial charge is 0.268 e. The monoisotopic (exact) mass is 433 g/mol. The first kappa shape index (κ1) is 17.7. The summed E-state index contributed by atoms with van der Waals surface area (Å²) in [5.74, 6) is 0.344. The van der Waals surface area contributed by atoms with Crippen LogP contribution in [0.2, 0.25) is 0 Å². The number of nitrogens with zero attached hydrogens (tertiary/aromatic N) is 2. The quantitative estimate of drug-likeness (QED) is 0.637. The molecular formula is C19H20BrN3O2S. The van der Waals surface area contributed by atoms with E-state index in [0.29, 0.717) is 20.9 Å². The van der Waals surface area contributed by atoms with E-state index in [0.717, 1.165) is 42.4 Å². The second-order valence-electron chi connectivity index (χ2n) is 6.75. The topological polar surface area (TPSA) is 64.0 Å². The van der Waals surface area contributed by atoms with Crippen LogP contribution in [0.25, 0.3) is 10.9 Å². The van der Waals surface area contributed by atoms with Crippen LogP contribution in [-0.2, 0) is 10.0 Å². The van der Waals surface area contributed by atoms with Crippen molar-refractivity contribution in [2.45, 2.75) is 30.6 Å². The summed E-state index contributed by atoms with van der Waals surface area (Å²) in [7, 11) is -3.66. The van der Waals surface area contributed by atoms with Gasteiger partial charge in [-0.3, -0.25) is 0 Å². The lowest BCUT2D eigenvalue weighted by molar-refractivity contribution is 0.462. The molecule has 4 rings (SSSR count). The number of fused-ring (bicyclic) bond motifs is 1. The molecule has 1 fully saturated rings. The summed E-state index contributed by atoms with van der Waals surface area (Å²) in [4.78, 5) is 4.63. The van der Waals surface area contributed by atoms with Crippen molar-refractivity contribution in [2.75, 3.05) is 13.1 Å². The second-order valence-corrected chi connectivity index (χ2v) is 9.37. The summed E-state index contributed by atoms with van der Waals surface area (Å²) < 4.78 is 28.6. The average molecular weight is 434 g/mol. The first-order valence-corrected chi connectivity index (χ1v) is 10.9. The summed E-state index contributed by atoms with van der Waals surface area (Å²) in [5, 5.41) is 4.27. The van der Waals surface area contributed by atoms with Gasteiger partial charge in [-0.15, -0.1) is 0 Å². The van der Waals surface area contributed by atoms with Gasteiger partial charge < -0.3 is 5.32 Å². The Bertz CT molecular complexity index is 1050. The van der Waals surface area contributed by atoms with E-state index in [2.05, 4.69) is 26.2 Å². The van der Waals surface area contributed by atoms with Crippen LogP contribution in [0.4, 0.5) is 0 Å². The van der Waals surface area contributed by atoms with Crippen LogP contribution in [0.3, 0.4) is 0 Å². The summed E-state index contributed by atoms with van der Waals surface area (Å²) in [5.41, 5.74) is 2.77. The van der Waals surface area contributed by atoms with Crippen molar-refractivity contribution in [3.8, 4) is 0 Å². The fourth-order valence-electron chi connectivity index (χ4n) is 3.57. The van der Waals surface area contributed by atoms with Crippen molar-refractivity contribution in [1.29, 1.82) is 0 Å². The Morgan fingerprint density at radius 1 is 1.19 bits per heavy atom. The maximum atomic E-state index is 13.3. The lowest BCUT2D eigenvalue weighted by atomic mass is 9.90. The summed E-state index contributed by atoms with van der Waals surface area (Å²) in [6, 6.07) is 8.76. The van der Waals surface area contributed by atoms with Crippen LogP contribution >= 0.6 is 15.9 Å². The van der Waals surface area contributed by atoms with Gasteiger partial charge in [0.05, 0.1) is 10.4 Å². The molecule has 7 heteroatoms. The van der Waals surface area contributed by atoms with Gasteiger partial charge in [0.1, 0.15) is 4.60 Å². The van der Waals surface area contributed by atoms with Gasteiger partial charge in [-0.2, -0.15) is 0 Å². The maximum Gasteiger partial charge on any atom is 0.268 e. The van der Waals surface area contributed by atoms with Gasteiger partial charge in [-0.1, -0.05) is 17.7 Å². The minimum atomic E-state index is -3.66. The molecule has 2 aromatic heterocycles. The molecule has 1 aliphatic rings. The zero-order valence-corrected chi connectivity index (χ0v) is 16.8. The molecule has 0 aliphatic carbocycles. The number of halogens is 1. The number of nitrogens with one attached hydrogen (secondary N) is 1. The van der Waals surface area contributed by atoms with Crippen LogP contribution in [0, 0.1) is 6.92 Å². The number of piperidine rings is 1. The van der Waals surface area contributed by atoms with Crippen LogP contribution in [0.15, 0.2) is 52.2 Å². The molecule has 0 spiro atoms. The largest absolute Gasteiger partial charge is 0.317 e. The second kappa shape index (κ2) is 6.79. The Morgan fingerprint density at radius 2 is 1.88 bits per heavy atom. The SMILES string of the molecule is Cc1ccc(S(=O)(=O)n2cc(C3CCNCC3)c3cnc(Br)cc32)cc1.